The van der Waals surface area contributed by atoms with E-state index in [-0.39, 0.29) is 0 Å². The van der Waals surface area contributed by atoms with Gasteiger partial charge in [-0.15, -0.1) is 0 Å². The maximum atomic E-state index is 6.41. The maximum Gasteiger partial charge on any atom is 0.00671 e. The minimum absolute atomic E-state index is 0.487. The largest absolute Gasteiger partial charge is 0.330 e. The van der Waals surface area contributed by atoms with Crippen molar-refractivity contribution in [2.24, 2.45) is 22.8 Å². The van der Waals surface area contributed by atoms with Crippen molar-refractivity contribution in [1.29, 1.82) is 0 Å². The van der Waals surface area contributed by atoms with Crippen molar-refractivity contribution in [2.75, 3.05) is 6.54 Å². The van der Waals surface area contributed by atoms with Crippen LogP contribution in [0, 0.1) is 11.3 Å². The second kappa shape index (κ2) is 11.5. The molecule has 1 unspecified atom stereocenters. The van der Waals surface area contributed by atoms with E-state index in [1.165, 1.54) is 116 Å². The molecule has 0 heterocycles. The van der Waals surface area contributed by atoms with E-state index in [1.54, 1.807) is 0 Å². The molecule has 0 radical (unpaired) electrons. The lowest BCUT2D eigenvalue weighted by Gasteiger charge is -2.36. The quantitative estimate of drug-likeness (QED) is 0.460. The summed E-state index contributed by atoms with van der Waals surface area (Å²) in [5.74, 6) is 0.835. The molecule has 0 aliphatic heterocycles. The molecular weight excluding hydrogens is 292 g/mol. The molecule has 2 nitrogen and oxygen atoms in total. The highest BCUT2D eigenvalue weighted by atomic mass is 14.6. The van der Waals surface area contributed by atoms with E-state index >= 15 is 0 Å². The fraction of sp³-hybridized carbons (Fsp3) is 1.00. The van der Waals surface area contributed by atoms with Gasteiger partial charge in [-0.2, -0.15) is 0 Å². The van der Waals surface area contributed by atoms with Crippen LogP contribution < -0.4 is 11.5 Å². The Kier molecular flexibility index (Phi) is 9.71. The minimum Gasteiger partial charge on any atom is -0.330 e. The number of nitrogens with two attached hydrogens (primary N) is 2. The van der Waals surface area contributed by atoms with E-state index in [1.807, 2.05) is 0 Å². The van der Waals surface area contributed by atoms with Crippen LogP contribution in [0.25, 0.3) is 0 Å². The second-order valence-electron chi connectivity index (χ2n) is 8.99. The normalized spacial score (nSPS) is 23.2. The van der Waals surface area contributed by atoms with Crippen molar-refractivity contribution in [3.8, 4) is 0 Å². The van der Waals surface area contributed by atoms with Crippen LogP contribution in [0.1, 0.15) is 116 Å². The van der Waals surface area contributed by atoms with Gasteiger partial charge >= 0.3 is 0 Å². The molecule has 142 valence electrons. The summed E-state index contributed by atoms with van der Waals surface area (Å²) in [5, 5.41) is 0. The molecule has 0 aromatic rings. The van der Waals surface area contributed by atoms with Gasteiger partial charge in [0.05, 0.1) is 0 Å². The molecule has 0 saturated heterocycles. The summed E-state index contributed by atoms with van der Waals surface area (Å²) in [4.78, 5) is 0. The Bertz CT molecular complexity index is 303. The molecular formula is C22H44N2. The van der Waals surface area contributed by atoms with E-state index in [9.17, 15) is 0 Å². The van der Waals surface area contributed by atoms with Crippen LogP contribution in [-0.4, -0.2) is 12.6 Å². The topological polar surface area (TPSA) is 52.0 Å². The van der Waals surface area contributed by atoms with Gasteiger partial charge in [0.2, 0.25) is 0 Å². The van der Waals surface area contributed by atoms with Crippen LogP contribution in [0.5, 0.6) is 0 Å². The maximum absolute atomic E-state index is 6.41. The molecule has 2 heteroatoms. The summed E-state index contributed by atoms with van der Waals surface area (Å²) in [6.07, 6.45) is 25.1. The number of hydrogen-bond donors (Lipinski definition) is 2. The summed E-state index contributed by atoms with van der Waals surface area (Å²) >= 11 is 0. The SMILES string of the molecule is NCC1(CCCCCCCCC(N)C2CCCCC2)CCCCC1. The zero-order valence-electron chi connectivity index (χ0n) is 16.2. The summed E-state index contributed by atoms with van der Waals surface area (Å²) < 4.78 is 0. The smallest absolute Gasteiger partial charge is 0.00671 e. The van der Waals surface area contributed by atoms with Crippen LogP contribution in [-0.2, 0) is 0 Å². The van der Waals surface area contributed by atoms with Gasteiger partial charge < -0.3 is 11.5 Å². The summed E-state index contributed by atoms with van der Waals surface area (Å²) in [5.41, 5.74) is 13.0. The first-order valence-corrected chi connectivity index (χ1v) is 11.2. The van der Waals surface area contributed by atoms with E-state index in [0.717, 1.165) is 12.5 Å². The molecule has 2 rings (SSSR count). The van der Waals surface area contributed by atoms with Gasteiger partial charge in [-0.05, 0) is 56.4 Å². The predicted molar refractivity (Wildman–Crippen MR) is 106 cm³/mol. The molecule has 1 atom stereocenters. The molecule has 2 aliphatic carbocycles. The summed E-state index contributed by atoms with van der Waals surface area (Å²) in [6.45, 7) is 0.923. The number of unbranched alkanes of at least 4 members (excludes halogenated alkanes) is 5. The lowest BCUT2D eigenvalue weighted by Crippen LogP contribution is -2.32. The van der Waals surface area contributed by atoms with Gasteiger partial charge in [0.15, 0.2) is 0 Å². The Balaban J connectivity index is 1.43. The monoisotopic (exact) mass is 336 g/mol. The second-order valence-corrected chi connectivity index (χ2v) is 8.99. The first-order valence-electron chi connectivity index (χ1n) is 11.2. The van der Waals surface area contributed by atoms with E-state index in [2.05, 4.69) is 0 Å². The third-order valence-electron chi connectivity index (χ3n) is 7.10. The van der Waals surface area contributed by atoms with E-state index < -0.39 is 0 Å². The van der Waals surface area contributed by atoms with Crippen LogP contribution in [0.2, 0.25) is 0 Å². The van der Waals surface area contributed by atoms with Crippen LogP contribution in [0.15, 0.2) is 0 Å². The van der Waals surface area contributed by atoms with Gasteiger partial charge in [-0.3, -0.25) is 0 Å². The van der Waals surface area contributed by atoms with Crippen molar-refractivity contribution in [2.45, 2.75) is 122 Å². The third kappa shape index (κ3) is 7.04. The standard InChI is InChI=1S/C22H44N2/c23-19-22(17-11-6-12-18-22)16-10-4-2-1-3-9-15-21(24)20-13-7-5-8-14-20/h20-21H,1-19,23-24H2. The van der Waals surface area contributed by atoms with Crippen molar-refractivity contribution in [3.63, 3.8) is 0 Å². The molecule has 2 aliphatic rings. The highest BCUT2D eigenvalue weighted by Crippen LogP contribution is 2.39. The van der Waals surface area contributed by atoms with Crippen molar-refractivity contribution in [3.05, 3.63) is 0 Å². The van der Waals surface area contributed by atoms with Crippen LogP contribution in [0.4, 0.5) is 0 Å². The molecule has 4 N–H and O–H groups in total. The lowest BCUT2D eigenvalue weighted by molar-refractivity contribution is 0.176. The lowest BCUT2D eigenvalue weighted by atomic mass is 9.71. The van der Waals surface area contributed by atoms with Crippen LogP contribution >= 0.6 is 0 Å². The van der Waals surface area contributed by atoms with E-state index in [4.69, 9.17) is 11.5 Å². The molecule has 2 saturated carbocycles. The first-order chi connectivity index (χ1) is 11.8. The predicted octanol–water partition coefficient (Wildman–Crippen LogP) is 5.92. The fourth-order valence-corrected chi connectivity index (χ4v) is 5.24. The first kappa shape index (κ1) is 20.2. The molecule has 2 fully saturated rings. The Labute approximate surface area is 151 Å². The average molecular weight is 337 g/mol. The van der Waals surface area contributed by atoms with Crippen LogP contribution in [0.3, 0.4) is 0 Å². The zero-order valence-corrected chi connectivity index (χ0v) is 16.2. The molecule has 0 amide bonds. The molecule has 0 bridgehead atoms. The Hall–Kier alpha value is -0.0800. The van der Waals surface area contributed by atoms with Crippen molar-refractivity contribution in [1.82, 2.24) is 0 Å². The molecule has 0 spiro atoms. The fourth-order valence-electron chi connectivity index (χ4n) is 5.24. The molecule has 24 heavy (non-hydrogen) atoms. The molecule has 0 aromatic carbocycles. The highest BCUT2D eigenvalue weighted by molar-refractivity contribution is 4.83. The van der Waals surface area contributed by atoms with Gasteiger partial charge in [-0.1, -0.05) is 77.0 Å². The Morgan fingerprint density at radius 2 is 1.33 bits per heavy atom. The summed E-state index contributed by atoms with van der Waals surface area (Å²) in [6, 6.07) is 0.487. The van der Waals surface area contributed by atoms with Gasteiger partial charge in [0.1, 0.15) is 0 Å². The van der Waals surface area contributed by atoms with Crippen molar-refractivity contribution < 1.29 is 0 Å². The molecule has 0 aromatic heterocycles. The Morgan fingerprint density at radius 1 is 0.750 bits per heavy atom. The summed E-state index contributed by atoms with van der Waals surface area (Å²) in [7, 11) is 0. The van der Waals surface area contributed by atoms with Gasteiger partial charge in [0, 0.05) is 6.04 Å². The average Bonchev–Trinajstić information content (AvgIpc) is 2.65. The number of rotatable bonds is 11. The third-order valence-corrected chi connectivity index (χ3v) is 7.10. The van der Waals surface area contributed by atoms with Crippen molar-refractivity contribution >= 4 is 0 Å². The van der Waals surface area contributed by atoms with E-state index in [0.29, 0.717) is 11.5 Å². The Morgan fingerprint density at radius 3 is 2.00 bits per heavy atom. The van der Waals surface area contributed by atoms with Gasteiger partial charge in [-0.25, -0.2) is 0 Å². The zero-order chi connectivity index (χ0) is 17.1. The number of hydrogen-bond acceptors (Lipinski definition) is 2. The van der Waals surface area contributed by atoms with Gasteiger partial charge in [0.25, 0.3) is 0 Å². The minimum atomic E-state index is 0.487. The highest BCUT2D eigenvalue weighted by Gasteiger charge is 2.29.